The van der Waals surface area contributed by atoms with Crippen molar-refractivity contribution in [3.63, 3.8) is 0 Å². The van der Waals surface area contributed by atoms with E-state index in [1.165, 1.54) is 6.92 Å². The summed E-state index contributed by atoms with van der Waals surface area (Å²) in [5.74, 6) is 0.799. The third-order valence-electron chi connectivity index (χ3n) is 3.43. The molecule has 126 valence electrons. The third-order valence-corrected chi connectivity index (χ3v) is 5.07. The van der Waals surface area contributed by atoms with E-state index in [0.717, 1.165) is 11.1 Å². The molecule has 0 radical (unpaired) electrons. The minimum absolute atomic E-state index is 0.0285. The maximum Gasteiger partial charge on any atom is 0.246 e. The molecule has 2 heterocycles. The van der Waals surface area contributed by atoms with E-state index in [0.29, 0.717) is 11.5 Å². The molecule has 0 saturated heterocycles. The fourth-order valence-corrected chi connectivity index (χ4v) is 3.53. The van der Waals surface area contributed by atoms with E-state index in [1.807, 2.05) is 31.2 Å². The monoisotopic (exact) mass is 348 g/mol. The highest BCUT2D eigenvalue weighted by molar-refractivity contribution is 7.89. The van der Waals surface area contributed by atoms with Crippen LogP contribution in [-0.4, -0.2) is 23.7 Å². The second-order valence-corrected chi connectivity index (χ2v) is 7.06. The van der Waals surface area contributed by atoms with Crippen molar-refractivity contribution in [3.05, 3.63) is 47.2 Å². The van der Waals surface area contributed by atoms with E-state index < -0.39 is 10.0 Å². The van der Waals surface area contributed by atoms with Gasteiger partial charge in [0.05, 0.1) is 6.54 Å². The predicted octanol–water partition coefficient (Wildman–Crippen LogP) is 2.13. The number of nitrogens with one attached hydrogen (secondary N) is 1. The molecule has 0 unspecified atom stereocenters. The number of aryl methyl sites for hydroxylation is 3. The second-order valence-electron chi connectivity index (χ2n) is 5.36. The third kappa shape index (κ3) is 3.22. The predicted molar refractivity (Wildman–Crippen MR) is 84.5 cm³/mol. The Morgan fingerprint density at radius 3 is 2.38 bits per heavy atom. The molecule has 0 bridgehead atoms. The number of hydrogen-bond acceptors (Lipinski definition) is 7. The topological polar surface area (TPSA) is 111 Å². The van der Waals surface area contributed by atoms with Gasteiger partial charge in [0.2, 0.25) is 21.7 Å². The summed E-state index contributed by atoms with van der Waals surface area (Å²) < 4.78 is 37.0. The Kier molecular flexibility index (Phi) is 4.20. The summed E-state index contributed by atoms with van der Waals surface area (Å²) in [7, 11) is -3.77. The normalized spacial score (nSPS) is 11.8. The van der Waals surface area contributed by atoms with Gasteiger partial charge in [-0.25, -0.2) is 13.1 Å². The largest absolute Gasteiger partial charge is 0.360 e. The zero-order valence-corrected chi connectivity index (χ0v) is 14.2. The average molecular weight is 348 g/mol. The number of nitrogens with zero attached hydrogens (tertiary/aromatic N) is 3. The van der Waals surface area contributed by atoms with Gasteiger partial charge < -0.3 is 9.05 Å². The molecule has 3 aromatic rings. The molecule has 9 heteroatoms. The molecule has 8 nitrogen and oxygen atoms in total. The van der Waals surface area contributed by atoms with E-state index in [2.05, 4.69) is 20.0 Å². The standard InChI is InChI=1S/C15H16N4O4S/c1-9-4-6-12(7-5-9)15-17-13(23-19-15)8-16-24(20,21)14-10(2)18-22-11(14)3/h4-7,16H,8H2,1-3H3. The van der Waals surface area contributed by atoms with Crippen molar-refractivity contribution < 1.29 is 17.5 Å². The van der Waals surface area contributed by atoms with Crippen LogP contribution in [0.2, 0.25) is 0 Å². The number of benzene rings is 1. The lowest BCUT2D eigenvalue weighted by Crippen LogP contribution is -2.24. The van der Waals surface area contributed by atoms with E-state index >= 15 is 0 Å². The van der Waals surface area contributed by atoms with E-state index in [1.54, 1.807) is 6.92 Å². The number of hydrogen-bond donors (Lipinski definition) is 1. The van der Waals surface area contributed by atoms with Gasteiger partial charge in [0.25, 0.3) is 0 Å². The fourth-order valence-electron chi connectivity index (χ4n) is 2.23. The number of aromatic nitrogens is 3. The van der Waals surface area contributed by atoms with E-state index in [4.69, 9.17) is 9.05 Å². The lowest BCUT2D eigenvalue weighted by molar-refractivity contribution is 0.375. The van der Waals surface area contributed by atoms with Crippen LogP contribution < -0.4 is 4.72 Å². The fraction of sp³-hybridized carbons (Fsp3) is 0.267. The van der Waals surface area contributed by atoms with Crippen molar-refractivity contribution in [2.24, 2.45) is 0 Å². The highest BCUT2D eigenvalue weighted by Crippen LogP contribution is 2.19. The Morgan fingerprint density at radius 2 is 1.75 bits per heavy atom. The zero-order valence-electron chi connectivity index (χ0n) is 13.4. The van der Waals surface area contributed by atoms with Crippen molar-refractivity contribution in [2.75, 3.05) is 0 Å². The molecular formula is C15H16N4O4S. The van der Waals surface area contributed by atoms with Crippen molar-refractivity contribution in [3.8, 4) is 11.4 Å². The Morgan fingerprint density at radius 1 is 1.04 bits per heavy atom. The molecule has 1 aromatic carbocycles. The molecule has 24 heavy (non-hydrogen) atoms. The van der Waals surface area contributed by atoms with Crippen LogP contribution in [0, 0.1) is 20.8 Å². The first-order valence-corrected chi connectivity index (χ1v) is 8.67. The average Bonchev–Trinajstić information content (AvgIpc) is 3.13. The molecule has 0 aliphatic carbocycles. The Balaban J connectivity index is 1.75. The maximum absolute atomic E-state index is 12.3. The van der Waals surface area contributed by atoms with Gasteiger partial charge in [-0.3, -0.25) is 0 Å². The van der Waals surface area contributed by atoms with Gasteiger partial charge in [0.15, 0.2) is 5.76 Å². The molecule has 0 aliphatic rings. The number of sulfonamides is 1. The molecular weight excluding hydrogens is 332 g/mol. The summed E-state index contributed by atoms with van der Waals surface area (Å²) in [6, 6.07) is 7.62. The molecule has 3 rings (SSSR count). The van der Waals surface area contributed by atoms with Gasteiger partial charge in [0.1, 0.15) is 10.6 Å². The molecule has 0 fully saturated rings. The van der Waals surface area contributed by atoms with Gasteiger partial charge in [-0.15, -0.1) is 0 Å². The van der Waals surface area contributed by atoms with Crippen LogP contribution in [0.5, 0.6) is 0 Å². The van der Waals surface area contributed by atoms with Crippen LogP contribution in [0.3, 0.4) is 0 Å². The van der Waals surface area contributed by atoms with Crippen LogP contribution >= 0.6 is 0 Å². The van der Waals surface area contributed by atoms with Crippen molar-refractivity contribution in [1.82, 2.24) is 20.0 Å². The summed E-state index contributed by atoms with van der Waals surface area (Å²) in [5.41, 5.74) is 2.21. The van der Waals surface area contributed by atoms with E-state index in [-0.39, 0.29) is 23.1 Å². The number of rotatable bonds is 5. The Labute approximate surface area is 138 Å². The Hall–Kier alpha value is -2.52. The summed E-state index contributed by atoms with van der Waals surface area (Å²) in [6.45, 7) is 4.96. The molecule has 0 aliphatic heterocycles. The highest BCUT2D eigenvalue weighted by Gasteiger charge is 2.24. The van der Waals surface area contributed by atoms with Gasteiger partial charge in [-0.05, 0) is 20.8 Å². The quantitative estimate of drug-likeness (QED) is 0.751. The van der Waals surface area contributed by atoms with Crippen LogP contribution in [0.15, 0.2) is 38.2 Å². The minimum atomic E-state index is -3.77. The van der Waals surface area contributed by atoms with Gasteiger partial charge in [-0.2, -0.15) is 4.98 Å². The molecule has 2 aromatic heterocycles. The lowest BCUT2D eigenvalue weighted by atomic mass is 10.1. The SMILES string of the molecule is Cc1ccc(-c2noc(CNS(=O)(=O)c3c(C)noc3C)n2)cc1. The first-order chi connectivity index (χ1) is 11.4. The van der Waals surface area contributed by atoms with Gasteiger partial charge in [0, 0.05) is 5.56 Å². The molecule has 0 saturated carbocycles. The van der Waals surface area contributed by atoms with Crippen molar-refractivity contribution in [2.45, 2.75) is 32.2 Å². The Bertz CT molecular complexity index is 938. The van der Waals surface area contributed by atoms with Crippen molar-refractivity contribution >= 4 is 10.0 Å². The molecule has 0 atom stereocenters. The maximum atomic E-state index is 12.3. The molecule has 1 N–H and O–H groups in total. The van der Waals surface area contributed by atoms with Gasteiger partial charge in [-0.1, -0.05) is 40.1 Å². The van der Waals surface area contributed by atoms with Crippen LogP contribution in [-0.2, 0) is 16.6 Å². The smallest absolute Gasteiger partial charge is 0.246 e. The summed E-state index contributed by atoms with van der Waals surface area (Å²) in [6.07, 6.45) is 0. The van der Waals surface area contributed by atoms with Crippen LogP contribution in [0.4, 0.5) is 0 Å². The zero-order chi connectivity index (χ0) is 17.3. The summed E-state index contributed by atoms with van der Waals surface area (Å²) in [4.78, 5) is 4.22. The van der Waals surface area contributed by atoms with Crippen molar-refractivity contribution in [1.29, 1.82) is 0 Å². The molecule has 0 amide bonds. The second kappa shape index (κ2) is 6.17. The minimum Gasteiger partial charge on any atom is -0.360 e. The lowest BCUT2D eigenvalue weighted by Gasteiger charge is -2.03. The first-order valence-electron chi connectivity index (χ1n) is 7.19. The molecule has 0 spiro atoms. The van der Waals surface area contributed by atoms with Crippen LogP contribution in [0.25, 0.3) is 11.4 Å². The van der Waals surface area contributed by atoms with Crippen LogP contribution in [0.1, 0.15) is 22.9 Å². The summed E-state index contributed by atoms with van der Waals surface area (Å²) in [5, 5.41) is 7.51. The van der Waals surface area contributed by atoms with Gasteiger partial charge >= 0.3 is 0 Å². The first kappa shape index (κ1) is 16.3. The van der Waals surface area contributed by atoms with E-state index in [9.17, 15) is 8.42 Å². The highest BCUT2D eigenvalue weighted by atomic mass is 32.2. The summed E-state index contributed by atoms with van der Waals surface area (Å²) >= 11 is 0.